The molecule has 2 rings (SSSR count). The fourth-order valence-corrected chi connectivity index (χ4v) is 2.74. The van der Waals surface area contributed by atoms with Gasteiger partial charge in [0.2, 0.25) is 0 Å². The van der Waals surface area contributed by atoms with Crippen LogP contribution in [0.2, 0.25) is 0 Å². The first-order valence-corrected chi connectivity index (χ1v) is 8.74. The van der Waals surface area contributed by atoms with Crippen molar-refractivity contribution in [1.82, 2.24) is 0 Å². The van der Waals surface area contributed by atoms with Gasteiger partial charge in [0.25, 0.3) is 5.91 Å². The van der Waals surface area contributed by atoms with Crippen molar-refractivity contribution >= 4 is 34.8 Å². The summed E-state index contributed by atoms with van der Waals surface area (Å²) in [4.78, 5) is 38.0. The fraction of sp³-hybridized carbons (Fsp3) is 0.250. The van der Waals surface area contributed by atoms with E-state index in [1.54, 1.807) is 18.2 Å². The van der Waals surface area contributed by atoms with E-state index in [1.807, 2.05) is 19.1 Å². The molecule has 0 atom stereocenters. The second-order valence-corrected chi connectivity index (χ2v) is 5.99. The monoisotopic (exact) mass is 368 g/mol. The van der Waals surface area contributed by atoms with Crippen LogP contribution < -0.4 is 21.3 Å². The lowest BCUT2D eigenvalue weighted by Gasteiger charge is -2.22. The lowest BCUT2D eigenvalue weighted by Crippen LogP contribution is -2.30. The van der Waals surface area contributed by atoms with Gasteiger partial charge in [-0.15, -0.1) is 0 Å². The molecule has 0 aliphatic heterocycles. The zero-order valence-electron chi connectivity index (χ0n) is 15.7. The summed E-state index contributed by atoms with van der Waals surface area (Å²) in [5, 5.41) is 5.01. The van der Waals surface area contributed by atoms with Crippen LogP contribution in [-0.2, 0) is 9.59 Å². The topological polar surface area (TPSA) is 105 Å². The van der Waals surface area contributed by atoms with Gasteiger partial charge >= 0.3 is 11.8 Å². The largest absolute Gasteiger partial charge is 0.372 e. The lowest BCUT2D eigenvalue weighted by atomic mass is 10.1. The second-order valence-electron chi connectivity index (χ2n) is 5.99. The molecule has 2 aromatic rings. The first kappa shape index (κ1) is 20.0. The van der Waals surface area contributed by atoms with Crippen LogP contribution in [0.3, 0.4) is 0 Å². The van der Waals surface area contributed by atoms with E-state index in [-0.39, 0.29) is 11.3 Å². The smallest absolute Gasteiger partial charge is 0.314 e. The molecule has 0 unspecified atom stereocenters. The number of benzene rings is 2. The Morgan fingerprint density at radius 1 is 0.926 bits per heavy atom. The predicted octanol–water partition coefficient (Wildman–Crippen LogP) is 2.52. The van der Waals surface area contributed by atoms with Crippen molar-refractivity contribution in [2.24, 2.45) is 5.73 Å². The summed E-state index contributed by atoms with van der Waals surface area (Å²) in [7, 11) is 0. The Morgan fingerprint density at radius 3 is 2.07 bits per heavy atom. The SMILES string of the molecule is CCN(CC)c1ccc(NC(=O)C(=O)Nc2ccccc2C(N)=O)c(C)c1. The van der Waals surface area contributed by atoms with Gasteiger partial charge in [-0.3, -0.25) is 14.4 Å². The van der Waals surface area contributed by atoms with Crippen molar-refractivity contribution in [2.75, 3.05) is 28.6 Å². The van der Waals surface area contributed by atoms with Gasteiger partial charge in [-0.05, 0) is 56.7 Å². The number of carbonyl (C=O) groups excluding carboxylic acids is 3. The van der Waals surface area contributed by atoms with Crippen LogP contribution in [0.25, 0.3) is 0 Å². The molecule has 7 nitrogen and oxygen atoms in total. The molecule has 3 amide bonds. The second kappa shape index (κ2) is 8.84. The average Bonchev–Trinajstić information content (AvgIpc) is 2.65. The number of amides is 3. The van der Waals surface area contributed by atoms with E-state index in [2.05, 4.69) is 29.4 Å². The van der Waals surface area contributed by atoms with Crippen LogP contribution in [-0.4, -0.2) is 30.8 Å². The van der Waals surface area contributed by atoms with E-state index < -0.39 is 17.7 Å². The minimum Gasteiger partial charge on any atom is -0.372 e. The standard InChI is InChI=1S/C20H24N4O3/c1-4-24(5-2)14-10-11-16(13(3)12-14)22-19(26)20(27)23-17-9-7-6-8-15(17)18(21)25/h6-12H,4-5H2,1-3H3,(H2,21,25)(H,22,26)(H,23,27). The zero-order chi connectivity index (χ0) is 20.0. The van der Waals surface area contributed by atoms with Crippen molar-refractivity contribution in [2.45, 2.75) is 20.8 Å². The zero-order valence-corrected chi connectivity index (χ0v) is 15.7. The highest BCUT2D eigenvalue weighted by Crippen LogP contribution is 2.23. The lowest BCUT2D eigenvalue weighted by molar-refractivity contribution is -0.133. The van der Waals surface area contributed by atoms with Crippen LogP contribution in [0.5, 0.6) is 0 Å². The highest BCUT2D eigenvalue weighted by atomic mass is 16.2. The number of primary amides is 1. The van der Waals surface area contributed by atoms with Crippen LogP contribution in [0.1, 0.15) is 29.8 Å². The number of nitrogens with one attached hydrogen (secondary N) is 2. The number of hydrogen-bond donors (Lipinski definition) is 3. The van der Waals surface area contributed by atoms with Crippen molar-refractivity contribution in [1.29, 1.82) is 0 Å². The number of hydrogen-bond acceptors (Lipinski definition) is 4. The number of carbonyl (C=O) groups is 3. The van der Waals surface area contributed by atoms with E-state index in [1.165, 1.54) is 12.1 Å². The molecule has 0 saturated heterocycles. The van der Waals surface area contributed by atoms with Gasteiger partial charge in [0.05, 0.1) is 11.3 Å². The van der Waals surface area contributed by atoms with E-state index in [0.29, 0.717) is 5.69 Å². The average molecular weight is 368 g/mol. The maximum atomic E-state index is 12.2. The minimum absolute atomic E-state index is 0.137. The van der Waals surface area contributed by atoms with Gasteiger partial charge in [-0.25, -0.2) is 0 Å². The highest BCUT2D eigenvalue weighted by molar-refractivity contribution is 6.44. The molecule has 0 fully saturated rings. The number of para-hydroxylation sites is 1. The molecule has 0 aliphatic rings. The highest BCUT2D eigenvalue weighted by Gasteiger charge is 2.18. The Balaban J connectivity index is 2.11. The fourth-order valence-electron chi connectivity index (χ4n) is 2.74. The molecule has 0 aromatic heterocycles. The van der Waals surface area contributed by atoms with Gasteiger partial charge in [0.15, 0.2) is 0 Å². The van der Waals surface area contributed by atoms with E-state index in [9.17, 15) is 14.4 Å². The Hall–Kier alpha value is -3.35. The maximum Gasteiger partial charge on any atom is 0.314 e. The first-order chi connectivity index (χ1) is 12.9. The van der Waals surface area contributed by atoms with Crippen molar-refractivity contribution < 1.29 is 14.4 Å². The molecule has 0 radical (unpaired) electrons. The van der Waals surface area contributed by atoms with Gasteiger partial charge in [0, 0.05) is 24.5 Å². The van der Waals surface area contributed by atoms with E-state index in [0.717, 1.165) is 24.3 Å². The number of anilines is 3. The Morgan fingerprint density at radius 2 is 1.52 bits per heavy atom. The molecule has 0 spiro atoms. The van der Waals surface area contributed by atoms with Gasteiger partial charge < -0.3 is 21.3 Å². The first-order valence-electron chi connectivity index (χ1n) is 8.74. The maximum absolute atomic E-state index is 12.2. The van der Waals surface area contributed by atoms with Gasteiger partial charge in [-0.2, -0.15) is 0 Å². The predicted molar refractivity (Wildman–Crippen MR) is 107 cm³/mol. The molecule has 2 aromatic carbocycles. The summed E-state index contributed by atoms with van der Waals surface area (Å²) >= 11 is 0. The third kappa shape index (κ3) is 4.84. The van der Waals surface area contributed by atoms with E-state index in [4.69, 9.17) is 5.73 Å². The summed E-state index contributed by atoms with van der Waals surface area (Å²) in [6, 6.07) is 11.9. The molecule has 4 N–H and O–H groups in total. The summed E-state index contributed by atoms with van der Waals surface area (Å²) in [5.41, 5.74) is 8.05. The number of nitrogens with two attached hydrogens (primary N) is 1. The number of aryl methyl sites for hydroxylation is 1. The quantitative estimate of drug-likeness (QED) is 0.681. The molecule has 142 valence electrons. The normalized spacial score (nSPS) is 10.2. The van der Waals surface area contributed by atoms with Crippen molar-refractivity contribution in [3.8, 4) is 0 Å². The summed E-state index contributed by atoms with van der Waals surface area (Å²) < 4.78 is 0. The summed E-state index contributed by atoms with van der Waals surface area (Å²) in [6.45, 7) is 7.76. The van der Waals surface area contributed by atoms with Crippen LogP contribution >= 0.6 is 0 Å². The van der Waals surface area contributed by atoms with Gasteiger partial charge in [0.1, 0.15) is 0 Å². The van der Waals surface area contributed by atoms with Crippen LogP contribution in [0.4, 0.5) is 17.1 Å². The van der Waals surface area contributed by atoms with Crippen molar-refractivity contribution in [3.05, 3.63) is 53.6 Å². The third-order valence-electron chi connectivity index (χ3n) is 4.23. The molecule has 0 aliphatic carbocycles. The van der Waals surface area contributed by atoms with Crippen molar-refractivity contribution in [3.63, 3.8) is 0 Å². The van der Waals surface area contributed by atoms with Crippen LogP contribution in [0, 0.1) is 6.92 Å². The molecular formula is C20H24N4O3. The Kier molecular flexibility index (Phi) is 6.54. The summed E-state index contributed by atoms with van der Waals surface area (Å²) in [5.74, 6) is -2.39. The third-order valence-corrected chi connectivity index (χ3v) is 4.23. The Labute approximate surface area is 158 Å². The van der Waals surface area contributed by atoms with E-state index >= 15 is 0 Å². The minimum atomic E-state index is -0.879. The molecule has 0 heterocycles. The molecular weight excluding hydrogens is 344 g/mol. The molecule has 0 saturated carbocycles. The molecule has 0 bridgehead atoms. The number of rotatable bonds is 6. The summed E-state index contributed by atoms with van der Waals surface area (Å²) in [6.07, 6.45) is 0. The Bertz CT molecular complexity index is 860. The molecule has 7 heteroatoms. The molecule has 27 heavy (non-hydrogen) atoms. The van der Waals surface area contributed by atoms with Gasteiger partial charge in [-0.1, -0.05) is 12.1 Å². The van der Waals surface area contributed by atoms with Crippen LogP contribution in [0.15, 0.2) is 42.5 Å². The number of nitrogens with zero attached hydrogens (tertiary/aromatic N) is 1.